The van der Waals surface area contributed by atoms with Crippen molar-refractivity contribution in [2.24, 2.45) is 0 Å². The second-order valence-electron chi connectivity index (χ2n) is 5.10. The van der Waals surface area contributed by atoms with Crippen LogP contribution >= 0.6 is 0 Å². The van der Waals surface area contributed by atoms with E-state index < -0.39 is 6.55 Å². The van der Waals surface area contributed by atoms with Gasteiger partial charge in [0.25, 0.3) is 0 Å². The van der Waals surface area contributed by atoms with E-state index in [0.717, 1.165) is 16.7 Å². The van der Waals surface area contributed by atoms with Gasteiger partial charge in [-0.25, -0.2) is 4.98 Å². The van der Waals surface area contributed by atoms with Crippen molar-refractivity contribution in [2.45, 2.75) is 25.6 Å². The van der Waals surface area contributed by atoms with E-state index >= 15 is 0 Å². The number of rotatable bonds is 4. The van der Waals surface area contributed by atoms with Crippen LogP contribution in [0, 0.1) is 0 Å². The highest BCUT2D eigenvalue weighted by Gasteiger charge is 2.25. The molecule has 21 heavy (non-hydrogen) atoms. The van der Waals surface area contributed by atoms with Crippen molar-refractivity contribution in [1.29, 1.82) is 0 Å². The molecule has 3 rings (SSSR count). The first kappa shape index (κ1) is 14.0. The molecule has 0 spiro atoms. The van der Waals surface area contributed by atoms with E-state index in [9.17, 15) is 8.78 Å². The third-order valence-corrected chi connectivity index (χ3v) is 3.83. The molecule has 1 atom stereocenters. The number of methoxy groups -OCH3 is 1. The highest BCUT2D eigenvalue weighted by atomic mass is 19.3. The van der Waals surface area contributed by atoms with Crippen molar-refractivity contribution in [3.8, 4) is 0 Å². The Bertz CT molecular complexity index is 614. The normalized spacial score (nSPS) is 18.1. The van der Waals surface area contributed by atoms with Gasteiger partial charge in [0.2, 0.25) is 0 Å². The van der Waals surface area contributed by atoms with E-state index in [2.05, 4.69) is 4.98 Å². The molecular formula is C15H17F2N3O. The maximum atomic E-state index is 12.9. The SMILES string of the molecule is COC1Cc2ccccc2N(Cc2nccn2C(F)F)C1. The molecule has 0 amide bonds. The number of hydrogen-bond acceptors (Lipinski definition) is 3. The zero-order chi connectivity index (χ0) is 14.8. The predicted octanol–water partition coefficient (Wildman–Crippen LogP) is 2.86. The highest BCUT2D eigenvalue weighted by molar-refractivity contribution is 5.56. The number of imidazole rings is 1. The second kappa shape index (κ2) is 5.81. The molecule has 6 heteroatoms. The maximum absolute atomic E-state index is 12.9. The molecule has 2 heterocycles. The van der Waals surface area contributed by atoms with Crippen LogP contribution in [0.15, 0.2) is 36.7 Å². The van der Waals surface area contributed by atoms with Gasteiger partial charge in [0.05, 0.1) is 12.6 Å². The van der Waals surface area contributed by atoms with Gasteiger partial charge in [-0.1, -0.05) is 18.2 Å². The first-order chi connectivity index (χ1) is 10.2. The minimum Gasteiger partial charge on any atom is -0.379 e. The minimum absolute atomic E-state index is 0.0647. The summed E-state index contributed by atoms with van der Waals surface area (Å²) in [6, 6.07) is 8.00. The van der Waals surface area contributed by atoms with Crippen LogP contribution < -0.4 is 4.90 Å². The number of anilines is 1. The Morgan fingerprint density at radius 2 is 2.19 bits per heavy atom. The van der Waals surface area contributed by atoms with Crippen LogP contribution in [0.2, 0.25) is 0 Å². The predicted molar refractivity (Wildman–Crippen MR) is 75.5 cm³/mol. The van der Waals surface area contributed by atoms with Gasteiger partial charge in [0.1, 0.15) is 5.82 Å². The Labute approximate surface area is 122 Å². The van der Waals surface area contributed by atoms with Crippen molar-refractivity contribution < 1.29 is 13.5 Å². The lowest BCUT2D eigenvalue weighted by Crippen LogP contribution is -2.39. The van der Waals surface area contributed by atoms with E-state index in [-0.39, 0.29) is 6.10 Å². The molecule has 0 bridgehead atoms. The van der Waals surface area contributed by atoms with Crippen molar-refractivity contribution >= 4 is 5.69 Å². The summed E-state index contributed by atoms with van der Waals surface area (Å²) < 4.78 is 32.2. The zero-order valence-electron chi connectivity index (χ0n) is 11.7. The molecule has 0 fully saturated rings. The molecule has 0 radical (unpaired) electrons. The fourth-order valence-corrected chi connectivity index (χ4v) is 2.77. The molecule has 1 aromatic carbocycles. The van der Waals surface area contributed by atoms with E-state index in [0.29, 0.717) is 18.9 Å². The first-order valence-corrected chi connectivity index (χ1v) is 6.84. The summed E-state index contributed by atoms with van der Waals surface area (Å²) in [5, 5.41) is 0. The summed E-state index contributed by atoms with van der Waals surface area (Å²) in [6.45, 7) is -1.56. The molecule has 0 aliphatic carbocycles. The van der Waals surface area contributed by atoms with Crippen LogP contribution in [0.5, 0.6) is 0 Å². The summed E-state index contributed by atoms with van der Waals surface area (Å²) in [5.41, 5.74) is 2.24. The number of para-hydroxylation sites is 1. The van der Waals surface area contributed by atoms with Crippen molar-refractivity contribution in [2.75, 3.05) is 18.6 Å². The van der Waals surface area contributed by atoms with Crippen LogP contribution in [-0.2, 0) is 17.7 Å². The number of fused-ring (bicyclic) bond motifs is 1. The third-order valence-electron chi connectivity index (χ3n) is 3.83. The molecule has 0 N–H and O–H groups in total. The summed E-state index contributed by atoms with van der Waals surface area (Å²) in [5.74, 6) is 0.358. The summed E-state index contributed by atoms with van der Waals surface area (Å²) in [7, 11) is 1.68. The van der Waals surface area contributed by atoms with Gasteiger partial charge in [-0.05, 0) is 11.6 Å². The number of aromatic nitrogens is 2. The maximum Gasteiger partial charge on any atom is 0.319 e. The van der Waals surface area contributed by atoms with Crippen LogP contribution in [0.4, 0.5) is 14.5 Å². The minimum atomic E-state index is -2.57. The molecule has 0 saturated carbocycles. The molecule has 1 aromatic heterocycles. The Hall–Kier alpha value is -1.95. The first-order valence-electron chi connectivity index (χ1n) is 6.84. The highest BCUT2D eigenvalue weighted by Crippen LogP contribution is 2.29. The van der Waals surface area contributed by atoms with Crippen LogP contribution in [0.25, 0.3) is 0 Å². The number of alkyl halides is 2. The molecule has 4 nitrogen and oxygen atoms in total. The fourth-order valence-electron chi connectivity index (χ4n) is 2.77. The topological polar surface area (TPSA) is 30.3 Å². The van der Waals surface area contributed by atoms with Crippen molar-refractivity contribution in [1.82, 2.24) is 9.55 Å². The molecule has 0 saturated heterocycles. The summed E-state index contributed by atoms with van der Waals surface area (Å²) >= 11 is 0. The van der Waals surface area contributed by atoms with Crippen LogP contribution in [-0.4, -0.2) is 29.3 Å². The van der Waals surface area contributed by atoms with Gasteiger partial charge in [0.15, 0.2) is 0 Å². The standard InChI is InChI=1S/C15H17F2N3O/c1-21-12-8-11-4-2-3-5-13(11)19(9-12)10-14-18-6-7-20(14)15(16)17/h2-7,12,15H,8-10H2,1H3. The van der Waals surface area contributed by atoms with Gasteiger partial charge in [-0.2, -0.15) is 8.78 Å². The molecule has 1 unspecified atom stereocenters. The number of halogens is 2. The van der Waals surface area contributed by atoms with E-state index in [1.165, 1.54) is 18.0 Å². The largest absolute Gasteiger partial charge is 0.379 e. The second-order valence-corrected chi connectivity index (χ2v) is 5.10. The fraction of sp³-hybridized carbons (Fsp3) is 0.400. The number of ether oxygens (including phenoxy) is 1. The van der Waals surface area contributed by atoms with E-state index in [4.69, 9.17) is 4.74 Å². The summed E-state index contributed by atoms with van der Waals surface area (Å²) in [6.07, 6.45) is 3.62. The quantitative estimate of drug-likeness (QED) is 0.868. The number of nitrogens with zero attached hydrogens (tertiary/aromatic N) is 3. The molecule has 1 aliphatic heterocycles. The lowest BCUT2D eigenvalue weighted by molar-refractivity contribution is 0.0665. The van der Waals surface area contributed by atoms with Crippen molar-refractivity contribution in [3.05, 3.63) is 48.0 Å². The Morgan fingerprint density at radius 1 is 1.38 bits per heavy atom. The molecule has 2 aromatic rings. The van der Waals surface area contributed by atoms with Gasteiger partial charge in [-0.15, -0.1) is 0 Å². The summed E-state index contributed by atoms with van der Waals surface area (Å²) in [4.78, 5) is 6.11. The number of hydrogen-bond donors (Lipinski definition) is 0. The van der Waals surface area contributed by atoms with Crippen LogP contribution in [0.3, 0.4) is 0 Å². The smallest absolute Gasteiger partial charge is 0.319 e. The molecular weight excluding hydrogens is 276 g/mol. The molecule has 1 aliphatic rings. The zero-order valence-corrected chi connectivity index (χ0v) is 11.7. The number of benzene rings is 1. The van der Waals surface area contributed by atoms with Crippen LogP contribution in [0.1, 0.15) is 17.9 Å². The molecule has 112 valence electrons. The average molecular weight is 293 g/mol. The third kappa shape index (κ3) is 2.76. The Kier molecular flexibility index (Phi) is 3.88. The van der Waals surface area contributed by atoms with Gasteiger partial charge < -0.3 is 9.64 Å². The van der Waals surface area contributed by atoms with Gasteiger partial charge in [0, 0.05) is 38.2 Å². The monoisotopic (exact) mass is 293 g/mol. The van der Waals surface area contributed by atoms with E-state index in [1.807, 2.05) is 29.2 Å². The average Bonchev–Trinajstić information content (AvgIpc) is 2.95. The Balaban J connectivity index is 1.89. The lowest BCUT2D eigenvalue weighted by Gasteiger charge is -2.35. The van der Waals surface area contributed by atoms with E-state index in [1.54, 1.807) is 7.11 Å². The lowest BCUT2D eigenvalue weighted by atomic mass is 9.99. The van der Waals surface area contributed by atoms with Gasteiger partial charge in [-0.3, -0.25) is 4.57 Å². The van der Waals surface area contributed by atoms with Crippen molar-refractivity contribution in [3.63, 3.8) is 0 Å². The van der Waals surface area contributed by atoms with Gasteiger partial charge >= 0.3 is 6.55 Å². The Morgan fingerprint density at radius 3 is 2.95 bits per heavy atom.